The van der Waals surface area contributed by atoms with Crippen molar-refractivity contribution < 1.29 is 22.9 Å². The molecule has 0 spiro atoms. The minimum Gasteiger partial charge on any atom is -0.379 e. The van der Waals surface area contributed by atoms with Crippen LogP contribution in [0.1, 0.15) is 15.9 Å². The fourth-order valence-electron chi connectivity index (χ4n) is 3.77. The van der Waals surface area contributed by atoms with Gasteiger partial charge < -0.3 is 4.74 Å². The molecule has 0 N–H and O–H groups in total. The summed E-state index contributed by atoms with van der Waals surface area (Å²) in [6.07, 6.45) is 1.12. The molecule has 188 valence electrons. The smallest absolute Gasteiger partial charge is 0.273 e. The number of hydrogen-bond acceptors (Lipinski definition) is 9. The summed E-state index contributed by atoms with van der Waals surface area (Å²) in [6.45, 7) is 5.13. The highest BCUT2D eigenvalue weighted by atomic mass is 35.5. The number of ether oxygens (including phenoxy) is 1. The second-order valence-electron chi connectivity index (χ2n) is 8.04. The Morgan fingerprint density at radius 2 is 1.97 bits per heavy atom. The Bertz CT molecular complexity index is 1360. The lowest BCUT2D eigenvalue weighted by molar-refractivity contribution is -0.385. The Morgan fingerprint density at radius 1 is 1.26 bits per heavy atom. The van der Waals surface area contributed by atoms with Gasteiger partial charge in [0.15, 0.2) is 15.0 Å². The number of aromatic nitrogens is 1. The lowest BCUT2D eigenvalue weighted by Crippen LogP contribution is -2.43. The quantitative estimate of drug-likeness (QED) is 0.330. The van der Waals surface area contributed by atoms with Crippen molar-refractivity contribution in [2.75, 3.05) is 50.5 Å². The molecule has 3 aromatic rings. The molecule has 1 aromatic heterocycles. The van der Waals surface area contributed by atoms with Gasteiger partial charge >= 0.3 is 0 Å². The number of nitro benzene ring substituents is 1. The predicted octanol–water partition coefficient (Wildman–Crippen LogP) is 3.32. The van der Waals surface area contributed by atoms with E-state index >= 15 is 0 Å². The van der Waals surface area contributed by atoms with Gasteiger partial charge in [-0.05, 0) is 25.1 Å². The van der Waals surface area contributed by atoms with Gasteiger partial charge in [0.2, 0.25) is 0 Å². The summed E-state index contributed by atoms with van der Waals surface area (Å²) in [5.74, 6) is -0.434. The number of nitrogens with zero attached hydrogens (tertiary/aromatic N) is 4. The van der Waals surface area contributed by atoms with E-state index in [1.807, 2.05) is 0 Å². The summed E-state index contributed by atoms with van der Waals surface area (Å²) in [5.41, 5.74) is 0.799. The second kappa shape index (κ2) is 11.0. The third-order valence-corrected chi connectivity index (χ3v) is 7.81. The molecular formula is C22H25ClN4O6S2. The number of fused-ring (bicyclic) bond motifs is 1. The molecule has 0 saturated carbocycles. The molecule has 0 radical (unpaired) electrons. The van der Waals surface area contributed by atoms with E-state index in [2.05, 4.69) is 9.88 Å². The van der Waals surface area contributed by atoms with Crippen molar-refractivity contribution in [3.63, 3.8) is 0 Å². The van der Waals surface area contributed by atoms with Crippen molar-refractivity contribution in [3.05, 3.63) is 57.6 Å². The van der Waals surface area contributed by atoms with E-state index in [1.165, 1.54) is 28.4 Å². The zero-order chi connectivity index (χ0) is 24.5. The summed E-state index contributed by atoms with van der Waals surface area (Å²) >= 11 is 1.21. The Kier molecular flexibility index (Phi) is 8.44. The lowest BCUT2D eigenvalue weighted by Gasteiger charge is -2.29. The van der Waals surface area contributed by atoms with E-state index in [0.717, 1.165) is 19.3 Å². The normalized spacial score (nSPS) is 14.5. The van der Waals surface area contributed by atoms with E-state index in [1.54, 1.807) is 31.2 Å². The molecule has 1 fully saturated rings. The fraction of sp³-hybridized carbons (Fsp3) is 0.364. The number of halogens is 1. The molecule has 0 atom stereocenters. The standard InChI is InChI=1S/C22H24N4O6S2.ClH/c1-15-6-7-16(14-17(15)26(28)29)21(27)25(9-8-24-10-12-32-13-11-24)22-23-20-18(33-22)4-3-5-19(20)34(2,30)31;/h3-7,14H,8-13H2,1-2H3;1H. The van der Waals surface area contributed by atoms with Gasteiger partial charge in [-0.1, -0.05) is 23.5 Å². The van der Waals surface area contributed by atoms with Crippen LogP contribution in [0, 0.1) is 17.0 Å². The largest absolute Gasteiger partial charge is 0.379 e. The van der Waals surface area contributed by atoms with E-state index in [4.69, 9.17) is 4.74 Å². The van der Waals surface area contributed by atoms with Gasteiger partial charge in [-0.3, -0.25) is 24.7 Å². The maximum absolute atomic E-state index is 13.6. The fourth-order valence-corrected chi connectivity index (χ4v) is 5.69. The SMILES string of the molecule is Cc1ccc(C(=O)N(CCN2CCOCC2)c2nc3c(S(C)(=O)=O)cccc3s2)cc1[N+](=O)[O-].Cl. The summed E-state index contributed by atoms with van der Waals surface area (Å²) in [6, 6.07) is 9.27. The number of para-hydroxylation sites is 1. The van der Waals surface area contributed by atoms with Crippen molar-refractivity contribution in [2.45, 2.75) is 11.8 Å². The van der Waals surface area contributed by atoms with Gasteiger partial charge in [0.25, 0.3) is 11.6 Å². The van der Waals surface area contributed by atoms with E-state index in [9.17, 15) is 23.3 Å². The predicted molar refractivity (Wildman–Crippen MR) is 137 cm³/mol. The van der Waals surface area contributed by atoms with Gasteiger partial charge in [0.05, 0.1) is 27.7 Å². The number of sulfone groups is 1. The van der Waals surface area contributed by atoms with Gasteiger partial charge in [0, 0.05) is 49.6 Å². The third-order valence-electron chi connectivity index (χ3n) is 5.64. The summed E-state index contributed by atoms with van der Waals surface area (Å²) in [7, 11) is -3.52. The monoisotopic (exact) mass is 540 g/mol. The maximum atomic E-state index is 13.6. The molecule has 1 saturated heterocycles. The van der Waals surface area contributed by atoms with E-state index < -0.39 is 20.7 Å². The number of nitro groups is 1. The van der Waals surface area contributed by atoms with E-state index in [0.29, 0.717) is 40.7 Å². The number of anilines is 1. The molecule has 0 aliphatic carbocycles. The second-order valence-corrected chi connectivity index (χ2v) is 11.0. The Labute approximate surface area is 213 Å². The van der Waals surface area contributed by atoms with Crippen LogP contribution in [0.2, 0.25) is 0 Å². The average Bonchev–Trinajstić information content (AvgIpc) is 3.23. The number of carbonyl (C=O) groups excluding carboxylic acids is 1. The van der Waals surface area contributed by atoms with Crippen LogP contribution in [-0.4, -0.2) is 74.8 Å². The Hall–Kier alpha value is -2.64. The van der Waals surface area contributed by atoms with Crippen molar-refractivity contribution in [3.8, 4) is 0 Å². The van der Waals surface area contributed by atoms with Crippen LogP contribution in [-0.2, 0) is 14.6 Å². The molecule has 0 unspecified atom stereocenters. The minimum atomic E-state index is -3.52. The zero-order valence-corrected chi connectivity index (χ0v) is 21.6. The first-order chi connectivity index (χ1) is 16.1. The number of rotatable bonds is 7. The number of thiazole rings is 1. The van der Waals surface area contributed by atoms with Crippen LogP contribution in [0.15, 0.2) is 41.3 Å². The molecule has 0 bridgehead atoms. The Morgan fingerprint density at radius 3 is 2.63 bits per heavy atom. The molecule has 4 rings (SSSR count). The number of hydrogen-bond donors (Lipinski definition) is 0. The first kappa shape index (κ1) is 27.0. The van der Waals surface area contributed by atoms with Gasteiger partial charge in [-0.25, -0.2) is 13.4 Å². The van der Waals surface area contributed by atoms with Crippen LogP contribution in [0.25, 0.3) is 10.2 Å². The molecule has 2 heterocycles. The van der Waals surface area contributed by atoms with Crippen LogP contribution < -0.4 is 4.90 Å². The van der Waals surface area contributed by atoms with Crippen LogP contribution in [0.3, 0.4) is 0 Å². The summed E-state index contributed by atoms with van der Waals surface area (Å²) < 4.78 is 30.5. The number of amides is 1. The van der Waals surface area contributed by atoms with Gasteiger partial charge in [-0.2, -0.15) is 0 Å². The lowest BCUT2D eigenvalue weighted by atomic mass is 10.1. The first-order valence-corrected chi connectivity index (χ1v) is 13.3. The van der Waals surface area contributed by atoms with Gasteiger partial charge in [0.1, 0.15) is 5.52 Å². The highest BCUT2D eigenvalue weighted by Crippen LogP contribution is 2.33. The maximum Gasteiger partial charge on any atom is 0.273 e. The van der Waals surface area contributed by atoms with Crippen molar-refractivity contribution >= 4 is 60.5 Å². The summed E-state index contributed by atoms with van der Waals surface area (Å²) in [4.78, 5) is 32.7. The van der Waals surface area contributed by atoms with Crippen LogP contribution >= 0.6 is 23.7 Å². The molecule has 1 aliphatic rings. The topological polar surface area (TPSA) is 123 Å². The third kappa shape index (κ3) is 5.96. The van der Waals surface area contributed by atoms with Gasteiger partial charge in [-0.15, -0.1) is 12.4 Å². The molecule has 1 aliphatic heterocycles. The molecule has 1 amide bonds. The molecule has 2 aromatic carbocycles. The number of carbonyl (C=O) groups is 1. The van der Waals surface area contributed by atoms with Crippen LogP contribution in [0.5, 0.6) is 0 Å². The van der Waals surface area contributed by atoms with Crippen LogP contribution in [0.4, 0.5) is 10.8 Å². The molecule has 13 heteroatoms. The molecule has 10 nitrogen and oxygen atoms in total. The minimum absolute atomic E-state index is 0. The first-order valence-electron chi connectivity index (χ1n) is 10.6. The summed E-state index contributed by atoms with van der Waals surface area (Å²) in [5, 5.41) is 11.8. The number of benzene rings is 2. The molecule has 35 heavy (non-hydrogen) atoms. The van der Waals surface area contributed by atoms with Crippen molar-refractivity contribution in [2.24, 2.45) is 0 Å². The highest BCUT2D eigenvalue weighted by Gasteiger charge is 2.26. The van der Waals surface area contributed by atoms with Crippen molar-refractivity contribution in [1.29, 1.82) is 0 Å². The average molecular weight is 541 g/mol. The zero-order valence-electron chi connectivity index (χ0n) is 19.2. The Balaban J connectivity index is 0.00000342. The number of aryl methyl sites for hydroxylation is 1. The van der Waals surface area contributed by atoms with E-state index in [-0.39, 0.29) is 35.1 Å². The highest BCUT2D eigenvalue weighted by molar-refractivity contribution is 7.91. The van der Waals surface area contributed by atoms with Crippen molar-refractivity contribution in [1.82, 2.24) is 9.88 Å². The number of morpholine rings is 1. The molecular weight excluding hydrogens is 516 g/mol.